The van der Waals surface area contributed by atoms with Gasteiger partial charge in [0.2, 0.25) is 6.79 Å². The summed E-state index contributed by atoms with van der Waals surface area (Å²) < 4.78 is 10.6. The Hall–Kier alpha value is -2.63. The Balaban J connectivity index is 1.41. The highest BCUT2D eigenvalue weighted by Gasteiger charge is 2.59. The first kappa shape index (κ1) is 12.9. The molecule has 116 valence electrons. The lowest BCUT2D eigenvalue weighted by Gasteiger charge is -2.13. The summed E-state index contributed by atoms with van der Waals surface area (Å²) in [6.07, 6.45) is 6.59. The van der Waals surface area contributed by atoms with Crippen LogP contribution in [0, 0.1) is 23.7 Å². The van der Waals surface area contributed by atoms with Crippen molar-refractivity contribution in [1.82, 2.24) is 5.01 Å². The van der Waals surface area contributed by atoms with Crippen LogP contribution in [-0.2, 0) is 9.59 Å². The molecule has 1 saturated carbocycles. The minimum absolute atomic E-state index is 0.172. The number of nitrogens with zero attached hydrogens (tertiary/aromatic N) is 2. The number of carbonyl (C=O) groups excluding carboxylic acids is 2. The van der Waals surface area contributed by atoms with Crippen molar-refractivity contribution in [1.29, 1.82) is 0 Å². The molecule has 0 spiro atoms. The lowest BCUT2D eigenvalue weighted by molar-refractivity contribution is -0.140. The normalized spacial score (nSPS) is 33.3. The van der Waals surface area contributed by atoms with E-state index in [2.05, 4.69) is 17.3 Å². The molecule has 1 aromatic rings. The standard InChI is InChI=1S/C17H14N2O4/c20-16-14-10-2-3-11(6-10)15(14)17(21)19(16)18-7-9-1-4-12-13(5-9)23-8-22-12/h1-5,7,10-11,14-15H,6,8H2/b18-7-/t10-,11-,14+,15+/m0/s1. The smallest absolute Gasteiger partial charge is 0.254 e. The summed E-state index contributed by atoms with van der Waals surface area (Å²) in [5, 5.41) is 5.19. The number of amides is 2. The molecule has 0 radical (unpaired) electrons. The van der Waals surface area contributed by atoms with E-state index in [1.54, 1.807) is 12.1 Å². The summed E-state index contributed by atoms with van der Waals surface area (Å²) in [6, 6.07) is 5.38. The van der Waals surface area contributed by atoms with Crippen molar-refractivity contribution in [2.75, 3.05) is 6.79 Å². The van der Waals surface area contributed by atoms with Crippen LogP contribution in [0.4, 0.5) is 0 Å². The molecule has 0 aromatic heterocycles. The van der Waals surface area contributed by atoms with Gasteiger partial charge in [-0.1, -0.05) is 12.2 Å². The summed E-state index contributed by atoms with van der Waals surface area (Å²) in [7, 11) is 0. The number of hydrazone groups is 1. The quantitative estimate of drug-likeness (QED) is 0.472. The van der Waals surface area contributed by atoms with Crippen molar-refractivity contribution in [2.45, 2.75) is 6.42 Å². The molecule has 4 aliphatic rings. The van der Waals surface area contributed by atoms with Crippen molar-refractivity contribution >= 4 is 18.0 Å². The summed E-state index contributed by atoms with van der Waals surface area (Å²) in [5.41, 5.74) is 0.757. The fourth-order valence-corrected chi connectivity index (χ4v) is 4.12. The predicted octanol–water partition coefficient (Wildman–Crippen LogP) is 1.56. The van der Waals surface area contributed by atoms with Gasteiger partial charge in [-0.2, -0.15) is 10.1 Å². The Kier molecular flexibility index (Phi) is 2.48. The molecule has 4 atom stereocenters. The van der Waals surface area contributed by atoms with Crippen LogP contribution in [0.25, 0.3) is 0 Å². The second-order valence-electron chi connectivity index (χ2n) is 6.35. The van der Waals surface area contributed by atoms with E-state index in [1.165, 1.54) is 6.21 Å². The molecule has 1 saturated heterocycles. The van der Waals surface area contributed by atoms with Crippen LogP contribution in [0.5, 0.6) is 11.5 Å². The molecule has 2 bridgehead atoms. The lowest BCUT2D eigenvalue weighted by atomic mass is 9.85. The van der Waals surface area contributed by atoms with Gasteiger partial charge in [0.05, 0.1) is 18.1 Å². The number of benzene rings is 1. The highest BCUT2D eigenvalue weighted by molar-refractivity contribution is 6.06. The number of allylic oxidation sites excluding steroid dienone is 2. The monoisotopic (exact) mass is 310 g/mol. The molecular weight excluding hydrogens is 296 g/mol. The zero-order valence-electron chi connectivity index (χ0n) is 12.2. The van der Waals surface area contributed by atoms with E-state index in [1.807, 2.05) is 6.07 Å². The molecule has 2 fully saturated rings. The Labute approximate surface area is 132 Å². The fourth-order valence-electron chi connectivity index (χ4n) is 4.12. The zero-order chi connectivity index (χ0) is 15.6. The van der Waals surface area contributed by atoms with Crippen molar-refractivity contribution in [3.63, 3.8) is 0 Å². The fraction of sp³-hybridized carbons (Fsp3) is 0.353. The van der Waals surface area contributed by atoms with Crippen molar-refractivity contribution in [2.24, 2.45) is 28.8 Å². The van der Waals surface area contributed by atoms with E-state index in [0.29, 0.717) is 11.5 Å². The molecular formula is C17H14N2O4. The van der Waals surface area contributed by atoms with Gasteiger partial charge < -0.3 is 9.47 Å². The SMILES string of the molecule is O=C1[C@H]2[C@H](C(=O)N1/N=C\c1ccc3c(c1)OCO3)[C@H]1C=C[C@H]2C1. The van der Waals surface area contributed by atoms with Crippen molar-refractivity contribution in [3.8, 4) is 11.5 Å². The first-order valence-corrected chi connectivity index (χ1v) is 7.72. The van der Waals surface area contributed by atoms with Gasteiger partial charge in [-0.3, -0.25) is 9.59 Å². The molecule has 2 amide bonds. The third kappa shape index (κ3) is 1.72. The largest absolute Gasteiger partial charge is 0.454 e. The molecule has 23 heavy (non-hydrogen) atoms. The second-order valence-corrected chi connectivity index (χ2v) is 6.35. The number of hydrogen-bond donors (Lipinski definition) is 0. The van der Waals surface area contributed by atoms with Crippen LogP contribution < -0.4 is 9.47 Å². The summed E-state index contributed by atoms with van der Waals surface area (Å²) >= 11 is 0. The van der Waals surface area contributed by atoms with Crippen LogP contribution >= 0.6 is 0 Å². The van der Waals surface area contributed by atoms with Gasteiger partial charge in [0.25, 0.3) is 11.8 Å². The van der Waals surface area contributed by atoms with Gasteiger partial charge in [-0.15, -0.1) is 0 Å². The minimum atomic E-state index is -0.216. The Morgan fingerprint density at radius 2 is 1.74 bits per heavy atom. The zero-order valence-corrected chi connectivity index (χ0v) is 12.2. The molecule has 0 unspecified atom stereocenters. The number of imide groups is 1. The highest BCUT2D eigenvalue weighted by atomic mass is 16.7. The van der Waals surface area contributed by atoms with E-state index in [0.717, 1.165) is 17.0 Å². The third-order valence-electron chi connectivity index (χ3n) is 5.17. The molecule has 1 aromatic carbocycles. The van der Waals surface area contributed by atoms with E-state index in [4.69, 9.17) is 9.47 Å². The number of fused-ring (bicyclic) bond motifs is 6. The maximum absolute atomic E-state index is 12.5. The number of ether oxygens (including phenoxy) is 2. The van der Waals surface area contributed by atoms with Crippen LogP contribution in [0.1, 0.15) is 12.0 Å². The number of hydrogen-bond acceptors (Lipinski definition) is 5. The molecule has 2 aliphatic heterocycles. The Morgan fingerprint density at radius 3 is 2.48 bits per heavy atom. The molecule has 6 nitrogen and oxygen atoms in total. The van der Waals surface area contributed by atoms with Crippen LogP contribution in [0.3, 0.4) is 0 Å². The Bertz CT molecular complexity index is 755. The first-order chi connectivity index (χ1) is 11.2. The van der Waals surface area contributed by atoms with Crippen LogP contribution in [0.2, 0.25) is 0 Å². The average molecular weight is 310 g/mol. The average Bonchev–Trinajstić information content (AvgIpc) is 3.30. The van der Waals surface area contributed by atoms with Gasteiger partial charge in [-0.25, -0.2) is 0 Å². The first-order valence-electron chi connectivity index (χ1n) is 7.72. The maximum atomic E-state index is 12.5. The summed E-state index contributed by atoms with van der Waals surface area (Å²) in [6.45, 7) is 0.207. The maximum Gasteiger partial charge on any atom is 0.254 e. The summed E-state index contributed by atoms with van der Waals surface area (Å²) in [5.74, 6) is 0.958. The topological polar surface area (TPSA) is 68.2 Å². The van der Waals surface area contributed by atoms with Gasteiger partial charge >= 0.3 is 0 Å². The van der Waals surface area contributed by atoms with Gasteiger partial charge in [-0.05, 0) is 42.0 Å². The lowest BCUT2D eigenvalue weighted by Crippen LogP contribution is -2.28. The van der Waals surface area contributed by atoms with Gasteiger partial charge in [0.1, 0.15) is 0 Å². The summed E-state index contributed by atoms with van der Waals surface area (Å²) in [4.78, 5) is 25.0. The van der Waals surface area contributed by atoms with E-state index >= 15 is 0 Å². The molecule has 0 N–H and O–H groups in total. The van der Waals surface area contributed by atoms with Crippen molar-refractivity contribution < 1.29 is 19.1 Å². The second kappa shape index (κ2) is 4.44. The van der Waals surface area contributed by atoms with E-state index in [-0.39, 0.29) is 42.3 Å². The highest BCUT2D eigenvalue weighted by Crippen LogP contribution is 2.52. The molecule has 2 aliphatic carbocycles. The minimum Gasteiger partial charge on any atom is -0.454 e. The molecule has 5 rings (SSSR count). The van der Waals surface area contributed by atoms with Crippen LogP contribution in [-0.4, -0.2) is 29.8 Å². The van der Waals surface area contributed by atoms with E-state index < -0.39 is 0 Å². The van der Waals surface area contributed by atoms with Crippen molar-refractivity contribution in [3.05, 3.63) is 35.9 Å². The predicted molar refractivity (Wildman–Crippen MR) is 79.7 cm³/mol. The molecule has 6 heteroatoms. The number of carbonyl (C=O) groups is 2. The van der Waals surface area contributed by atoms with Gasteiger partial charge in [0.15, 0.2) is 11.5 Å². The van der Waals surface area contributed by atoms with Gasteiger partial charge in [0, 0.05) is 0 Å². The van der Waals surface area contributed by atoms with E-state index in [9.17, 15) is 9.59 Å². The molecule has 2 heterocycles. The van der Waals surface area contributed by atoms with Crippen LogP contribution in [0.15, 0.2) is 35.5 Å². The number of rotatable bonds is 2. The third-order valence-corrected chi connectivity index (χ3v) is 5.17. The Morgan fingerprint density at radius 1 is 1.04 bits per heavy atom.